The van der Waals surface area contributed by atoms with E-state index in [1.165, 1.54) is 0 Å². The van der Waals surface area contributed by atoms with Crippen LogP contribution in [0.2, 0.25) is 10.0 Å². The first-order chi connectivity index (χ1) is 13.3. The molecule has 28 heavy (non-hydrogen) atoms. The number of imidazole rings is 1. The first-order valence-electron chi connectivity index (χ1n) is 8.79. The molecule has 1 N–H and O–H groups in total. The van der Waals surface area contributed by atoms with Gasteiger partial charge in [-0.25, -0.2) is 4.98 Å². The molecule has 1 fully saturated rings. The molecule has 6 nitrogen and oxygen atoms in total. The van der Waals surface area contributed by atoms with Crippen molar-refractivity contribution >= 4 is 52.0 Å². The van der Waals surface area contributed by atoms with Gasteiger partial charge in [0.1, 0.15) is 0 Å². The zero-order valence-electron chi connectivity index (χ0n) is 15.3. The van der Waals surface area contributed by atoms with E-state index < -0.39 is 5.92 Å². The highest BCUT2D eigenvalue weighted by Gasteiger charge is 2.43. The predicted octanol–water partition coefficient (Wildman–Crippen LogP) is 4.04. The van der Waals surface area contributed by atoms with Crippen molar-refractivity contribution in [1.29, 1.82) is 0 Å². The topological polar surface area (TPSA) is 67.2 Å². The number of benzene rings is 2. The number of amides is 2. The fourth-order valence-electron chi connectivity index (χ4n) is 3.74. The Morgan fingerprint density at radius 2 is 1.89 bits per heavy atom. The molecule has 2 atom stereocenters. The summed E-state index contributed by atoms with van der Waals surface area (Å²) in [6.07, 6.45) is 0.134. The van der Waals surface area contributed by atoms with Crippen molar-refractivity contribution in [3.63, 3.8) is 0 Å². The molecule has 0 saturated carbocycles. The van der Waals surface area contributed by atoms with Gasteiger partial charge in [0.05, 0.1) is 23.0 Å². The SMILES string of the molecule is CN1C(=O)CC(C(=O)Nc2nc3cc(Cl)ccc3n2C)C1c1cccc(Cl)c1. The van der Waals surface area contributed by atoms with E-state index in [-0.39, 0.29) is 24.3 Å². The van der Waals surface area contributed by atoms with Crippen LogP contribution in [-0.4, -0.2) is 33.3 Å². The van der Waals surface area contributed by atoms with Gasteiger partial charge in [0, 0.05) is 30.6 Å². The van der Waals surface area contributed by atoms with Crippen molar-refractivity contribution < 1.29 is 9.59 Å². The van der Waals surface area contributed by atoms with E-state index >= 15 is 0 Å². The Balaban J connectivity index is 1.65. The van der Waals surface area contributed by atoms with E-state index in [0.29, 0.717) is 21.5 Å². The summed E-state index contributed by atoms with van der Waals surface area (Å²) < 4.78 is 1.79. The molecule has 0 aliphatic carbocycles. The minimum absolute atomic E-state index is 0.0816. The zero-order valence-corrected chi connectivity index (χ0v) is 16.8. The lowest BCUT2D eigenvalue weighted by atomic mass is 9.93. The molecular formula is C20H18Cl2N4O2. The van der Waals surface area contributed by atoms with Gasteiger partial charge >= 0.3 is 0 Å². The lowest BCUT2D eigenvalue weighted by Crippen LogP contribution is -2.30. The number of aromatic nitrogens is 2. The quantitative estimate of drug-likeness (QED) is 0.700. The average Bonchev–Trinajstić information content (AvgIpc) is 3.11. The van der Waals surface area contributed by atoms with Gasteiger partial charge in [-0.05, 0) is 35.9 Å². The van der Waals surface area contributed by atoms with E-state index in [9.17, 15) is 9.59 Å². The molecule has 1 aliphatic rings. The van der Waals surface area contributed by atoms with Crippen LogP contribution in [0.1, 0.15) is 18.0 Å². The van der Waals surface area contributed by atoms with Gasteiger partial charge in [0.15, 0.2) is 0 Å². The highest BCUT2D eigenvalue weighted by atomic mass is 35.5. The van der Waals surface area contributed by atoms with E-state index in [2.05, 4.69) is 10.3 Å². The van der Waals surface area contributed by atoms with E-state index in [0.717, 1.165) is 11.1 Å². The number of nitrogens with one attached hydrogen (secondary N) is 1. The van der Waals surface area contributed by atoms with Crippen LogP contribution in [0.15, 0.2) is 42.5 Å². The summed E-state index contributed by atoms with van der Waals surface area (Å²) in [6, 6.07) is 12.2. The third-order valence-corrected chi connectivity index (χ3v) is 5.66. The first kappa shape index (κ1) is 18.8. The second-order valence-corrected chi connectivity index (χ2v) is 7.80. The zero-order chi connectivity index (χ0) is 20.0. The molecule has 2 amide bonds. The van der Waals surface area contributed by atoms with E-state index in [1.807, 2.05) is 25.2 Å². The fraction of sp³-hybridized carbons (Fsp3) is 0.250. The average molecular weight is 417 g/mol. The van der Waals surface area contributed by atoms with Crippen molar-refractivity contribution in [2.75, 3.05) is 12.4 Å². The van der Waals surface area contributed by atoms with Gasteiger partial charge in [-0.2, -0.15) is 0 Å². The number of hydrogen-bond acceptors (Lipinski definition) is 3. The van der Waals surface area contributed by atoms with Crippen molar-refractivity contribution in [1.82, 2.24) is 14.5 Å². The van der Waals surface area contributed by atoms with Crippen LogP contribution in [0.3, 0.4) is 0 Å². The summed E-state index contributed by atoms with van der Waals surface area (Å²) in [5.74, 6) is -0.470. The number of rotatable bonds is 3. The number of halogens is 2. The van der Waals surface area contributed by atoms with Gasteiger partial charge in [-0.1, -0.05) is 35.3 Å². The molecule has 3 aromatic rings. The molecule has 1 saturated heterocycles. The monoisotopic (exact) mass is 416 g/mol. The second kappa shape index (κ2) is 7.11. The Kier molecular flexibility index (Phi) is 4.77. The molecule has 144 valence electrons. The van der Waals surface area contributed by atoms with Gasteiger partial charge in [0.25, 0.3) is 0 Å². The predicted molar refractivity (Wildman–Crippen MR) is 109 cm³/mol. The van der Waals surface area contributed by atoms with Gasteiger partial charge in [0.2, 0.25) is 17.8 Å². The van der Waals surface area contributed by atoms with Gasteiger partial charge < -0.3 is 9.47 Å². The molecule has 0 spiro atoms. The number of carbonyl (C=O) groups excluding carboxylic acids is 2. The van der Waals surface area contributed by atoms with E-state index in [4.69, 9.17) is 23.2 Å². The van der Waals surface area contributed by atoms with Crippen LogP contribution in [0.25, 0.3) is 11.0 Å². The summed E-state index contributed by atoms with van der Waals surface area (Å²) in [5, 5.41) is 4.02. The molecule has 2 unspecified atom stereocenters. The fourth-order valence-corrected chi connectivity index (χ4v) is 4.10. The molecule has 0 bridgehead atoms. The normalized spacial score (nSPS) is 19.4. The molecule has 1 aromatic heterocycles. The van der Waals surface area contributed by atoms with Crippen molar-refractivity contribution in [2.45, 2.75) is 12.5 Å². The smallest absolute Gasteiger partial charge is 0.232 e. The lowest BCUT2D eigenvalue weighted by molar-refractivity contribution is -0.128. The Labute approximate surface area is 172 Å². The maximum Gasteiger partial charge on any atom is 0.232 e. The summed E-state index contributed by atoms with van der Waals surface area (Å²) in [4.78, 5) is 31.5. The van der Waals surface area contributed by atoms with E-state index in [1.54, 1.807) is 40.8 Å². The standard InChI is InChI=1S/C20H18Cl2N4O2/c1-25-16-7-6-13(22)9-15(16)23-20(25)24-19(28)14-10-17(27)26(2)18(14)11-4-3-5-12(21)8-11/h3-9,14,18H,10H2,1-2H3,(H,23,24,28). The molecule has 8 heteroatoms. The highest BCUT2D eigenvalue weighted by Crippen LogP contribution is 2.38. The van der Waals surface area contributed by atoms with Crippen LogP contribution in [0, 0.1) is 5.92 Å². The number of hydrogen-bond donors (Lipinski definition) is 1. The minimum atomic E-state index is -0.542. The van der Waals surface area contributed by atoms with Gasteiger partial charge in [-0.3, -0.25) is 14.9 Å². The molecule has 0 radical (unpaired) electrons. The first-order valence-corrected chi connectivity index (χ1v) is 9.54. The molecule has 2 aromatic carbocycles. The Morgan fingerprint density at radius 1 is 1.14 bits per heavy atom. The Bertz CT molecular complexity index is 1090. The minimum Gasteiger partial charge on any atom is -0.338 e. The summed E-state index contributed by atoms with van der Waals surface area (Å²) in [7, 11) is 3.53. The van der Waals surface area contributed by atoms with Crippen LogP contribution >= 0.6 is 23.2 Å². The number of carbonyl (C=O) groups is 2. The maximum atomic E-state index is 13.1. The lowest BCUT2D eigenvalue weighted by Gasteiger charge is -2.25. The number of aryl methyl sites for hydroxylation is 1. The highest BCUT2D eigenvalue weighted by molar-refractivity contribution is 6.31. The number of likely N-dealkylation sites (tertiary alicyclic amines) is 1. The second-order valence-electron chi connectivity index (χ2n) is 6.93. The van der Waals surface area contributed by atoms with Gasteiger partial charge in [-0.15, -0.1) is 0 Å². The van der Waals surface area contributed by atoms with Crippen LogP contribution in [0.5, 0.6) is 0 Å². The summed E-state index contributed by atoms with van der Waals surface area (Å²) in [5.41, 5.74) is 2.37. The molecule has 4 rings (SSSR count). The largest absolute Gasteiger partial charge is 0.338 e. The number of anilines is 1. The van der Waals surface area contributed by atoms with Crippen molar-refractivity contribution in [2.24, 2.45) is 13.0 Å². The van der Waals surface area contributed by atoms with Crippen molar-refractivity contribution in [3.05, 3.63) is 58.1 Å². The number of fused-ring (bicyclic) bond motifs is 1. The Hall–Kier alpha value is -2.57. The van der Waals surface area contributed by atoms with Crippen LogP contribution < -0.4 is 5.32 Å². The van der Waals surface area contributed by atoms with Crippen molar-refractivity contribution in [3.8, 4) is 0 Å². The van der Waals surface area contributed by atoms with Crippen LogP contribution in [-0.2, 0) is 16.6 Å². The summed E-state index contributed by atoms with van der Waals surface area (Å²) in [6.45, 7) is 0. The third-order valence-electron chi connectivity index (χ3n) is 5.19. The Morgan fingerprint density at radius 3 is 2.64 bits per heavy atom. The summed E-state index contributed by atoms with van der Waals surface area (Å²) >= 11 is 12.1. The molecule has 1 aliphatic heterocycles. The van der Waals surface area contributed by atoms with Crippen LogP contribution in [0.4, 0.5) is 5.95 Å². The number of nitrogens with zero attached hydrogens (tertiary/aromatic N) is 3. The molecule has 2 heterocycles. The maximum absolute atomic E-state index is 13.1. The third kappa shape index (κ3) is 3.23. The molecular weight excluding hydrogens is 399 g/mol.